The van der Waals surface area contributed by atoms with Crippen LogP contribution in [0, 0.1) is 5.41 Å². The normalized spacial score (nSPS) is 24.8. The molecule has 0 aromatic heterocycles. The maximum Gasteiger partial charge on any atom is 0.413 e. The first kappa shape index (κ1) is 15.5. The first-order valence-corrected chi connectivity index (χ1v) is 7.35. The van der Waals surface area contributed by atoms with Crippen LogP contribution in [0.1, 0.15) is 34.1 Å². The molecule has 6 heteroatoms. The zero-order valence-corrected chi connectivity index (χ0v) is 13.4. The van der Waals surface area contributed by atoms with Crippen LogP contribution in [-0.2, 0) is 25.7 Å². The molecule has 0 saturated carbocycles. The smallest absolute Gasteiger partial charge is 0.413 e. The van der Waals surface area contributed by atoms with E-state index in [1.807, 2.05) is 18.2 Å². The lowest BCUT2D eigenvalue weighted by Crippen LogP contribution is -2.48. The van der Waals surface area contributed by atoms with E-state index in [0.717, 1.165) is 10.5 Å². The van der Waals surface area contributed by atoms with Crippen LogP contribution in [0.15, 0.2) is 30.3 Å². The summed E-state index contributed by atoms with van der Waals surface area (Å²) in [6, 6.07) is 6.94. The lowest BCUT2D eigenvalue weighted by Gasteiger charge is -2.33. The van der Waals surface area contributed by atoms with Crippen LogP contribution < -0.4 is 0 Å². The standard InChI is InChI=1S/C17H21NO5/c1-17(2,3)15-18(13(9-10-19)14(20)23-15)16(21)22-11-12-7-5-4-6-8-12/h4-8,10,13,15H,9,11H2,1-3H3/t13-,15-/m0/s1/i13D. The molecule has 1 heterocycles. The number of benzene rings is 1. The van der Waals surface area contributed by atoms with Gasteiger partial charge in [-0.25, -0.2) is 9.59 Å². The van der Waals surface area contributed by atoms with Crippen molar-refractivity contribution >= 4 is 18.3 Å². The second-order valence-electron chi connectivity index (χ2n) is 6.35. The third kappa shape index (κ3) is 3.88. The molecule has 0 aliphatic carbocycles. The molecule has 1 fully saturated rings. The molecule has 2 atom stereocenters. The molecule has 0 bridgehead atoms. The number of nitrogens with zero attached hydrogens (tertiary/aromatic N) is 1. The van der Waals surface area contributed by atoms with Crippen LogP contribution >= 0.6 is 0 Å². The van der Waals surface area contributed by atoms with Gasteiger partial charge >= 0.3 is 12.1 Å². The molecule has 1 aromatic rings. The van der Waals surface area contributed by atoms with Gasteiger partial charge in [-0.2, -0.15) is 0 Å². The summed E-state index contributed by atoms with van der Waals surface area (Å²) >= 11 is 0. The Morgan fingerprint density at radius 1 is 1.39 bits per heavy atom. The van der Waals surface area contributed by atoms with Gasteiger partial charge in [0.15, 0.2) is 6.23 Å². The van der Waals surface area contributed by atoms with Crippen molar-refractivity contribution in [3.63, 3.8) is 0 Å². The van der Waals surface area contributed by atoms with E-state index in [0.29, 0.717) is 6.29 Å². The fourth-order valence-electron chi connectivity index (χ4n) is 2.28. The number of rotatable bonds is 4. The Balaban J connectivity index is 2.24. The Morgan fingerprint density at radius 2 is 2.04 bits per heavy atom. The Hall–Kier alpha value is -2.37. The van der Waals surface area contributed by atoms with Crippen molar-refractivity contribution in [2.45, 2.75) is 46.0 Å². The number of hydrogen-bond donors (Lipinski definition) is 0. The van der Waals surface area contributed by atoms with Gasteiger partial charge in [0.25, 0.3) is 0 Å². The third-order valence-electron chi connectivity index (χ3n) is 3.40. The number of esters is 1. The summed E-state index contributed by atoms with van der Waals surface area (Å²) in [5.41, 5.74) is 0.142. The van der Waals surface area contributed by atoms with E-state index in [4.69, 9.17) is 10.8 Å². The van der Waals surface area contributed by atoms with E-state index in [1.165, 1.54) is 0 Å². The molecular weight excluding hydrogens is 298 g/mol. The molecule has 2 rings (SSSR count). The molecule has 23 heavy (non-hydrogen) atoms. The van der Waals surface area contributed by atoms with E-state index in [9.17, 15) is 14.4 Å². The monoisotopic (exact) mass is 320 g/mol. The highest BCUT2D eigenvalue weighted by atomic mass is 16.6. The summed E-state index contributed by atoms with van der Waals surface area (Å²) in [5.74, 6) is -0.925. The summed E-state index contributed by atoms with van der Waals surface area (Å²) in [4.78, 5) is 36.5. The number of carbonyl (C=O) groups is 3. The predicted octanol–water partition coefficient (Wildman–Crippen LogP) is 2.51. The van der Waals surface area contributed by atoms with E-state index in [2.05, 4.69) is 0 Å². The van der Waals surface area contributed by atoms with Gasteiger partial charge in [0.05, 0.1) is 1.37 Å². The number of carbonyl (C=O) groups excluding carboxylic acids is 3. The van der Waals surface area contributed by atoms with E-state index in [1.54, 1.807) is 32.9 Å². The molecule has 1 aliphatic rings. The molecule has 6 nitrogen and oxygen atoms in total. The topological polar surface area (TPSA) is 72.9 Å². The minimum atomic E-state index is -2.10. The van der Waals surface area contributed by atoms with Gasteiger partial charge in [0.2, 0.25) is 0 Å². The summed E-state index contributed by atoms with van der Waals surface area (Å²) in [7, 11) is 0. The third-order valence-corrected chi connectivity index (χ3v) is 3.40. The molecule has 1 aliphatic heterocycles. The van der Waals surface area contributed by atoms with Crippen molar-refractivity contribution in [1.82, 2.24) is 4.90 Å². The fourth-order valence-corrected chi connectivity index (χ4v) is 2.28. The minimum Gasteiger partial charge on any atom is -0.444 e. The molecule has 0 unspecified atom stereocenters. The number of aldehydes is 1. The van der Waals surface area contributed by atoms with E-state index in [-0.39, 0.29) is 6.61 Å². The van der Waals surface area contributed by atoms with Gasteiger partial charge in [0.1, 0.15) is 18.9 Å². The predicted molar refractivity (Wildman–Crippen MR) is 82.3 cm³/mol. The highest BCUT2D eigenvalue weighted by Crippen LogP contribution is 2.33. The molecule has 0 N–H and O–H groups in total. The fraction of sp³-hybridized carbons (Fsp3) is 0.471. The average Bonchev–Trinajstić information content (AvgIpc) is 2.78. The van der Waals surface area contributed by atoms with Crippen LogP contribution in [-0.4, -0.2) is 35.5 Å². The van der Waals surface area contributed by atoms with Crippen molar-refractivity contribution in [3.05, 3.63) is 35.9 Å². The zero-order chi connectivity index (χ0) is 18.0. The van der Waals surface area contributed by atoms with Crippen LogP contribution in [0.5, 0.6) is 0 Å². The van der Waals surface area contributed by atoms with Crippen molar-refractivity contribution in [3.8, 4) is 0 Å². The summed E-state index contributed by atoms with van der Waals surface area (Å²) < 4.78 is 18.8. The van der Waals surface area contributed by atoms with Crippen LogP contribution in [0.25, 0.3) is 0 Å². The minimum absolute atomic E-state index is 0.00159. The maximum atomic E-state index is 12.5. The number of amides is 1. The lowest BCUT2D eigenvalue weighted by molar-refractivity contribution is -0.147. The van der Waals surface area contributed by atoms with Crippen molar-refractivity contribution in [2.75, 3.05) is 0 Å². The summed E-state index contributed by atoms with van der Waals surface area (Å²) in [6.07, 6.45) is -1.89. The number of ether oxygens (including phenoxy) is 2. The molecule has 0 radical (unpaired) electrons. The van der Waals surface area contributed by atoms with Gasteiger partial charge in [-0.15, -0.1) is 0 Å². The Bertz CT molecular complexity index is 628. The summed E-state index contributed by atoms with van der Waals surface area (Å²) in [6.45, 7) is 5.32. The van der Waals surface area contributed by atoms with Gasteiger partial charge in [-0.05, 0) is 5.56 Å². The Labute approximate surface area is 136 Å². The lowest BCUT2D eigenvalue weighted by atomic mass is 9.93. The molecule has 0 spiro atoms. The Morgan fingerprint density at radius 3 is 2.61 bits per heavy atom. The molecule has 1 aromatic carbocycles. The van der Waals surface area contributed by atoms with Gasteiger partial charge in [0, 0.05) is 11.8 Å². The quantitative estimate of drug-likeness (QED) is 0.629. The number of cyclic esters (lactones) is 1. The van der Waals surface area contributed by atoms with Crippen molar-refractivity contribution in [1.29, 1.82) is 0 Å². The van der Waals surface area contributed by atoms with Crippen molar-refractivity contribution in [2.24, 2.45) is 5.41 Å². The van der Waals surface area contributed by atoms with E-state index < -0.39 is 36.1 Å². The second-order valence-corrected chi connectivity index (χ2v) is 6.35. The van der Waals surface area contributed by atoms with Crippen LogP contribution in [0.4, 0.5) is 4.79 Å². The SMILES string of the molecule is [2H][C@]1(CC=O)C(=O)O[C@@H](C(C)(C)C)N1C(=O)OCc1ccccc1. The van der Waals surface area contributed by atoms with Crippen LogP contribution in [0.3, 0.4) is 0 Å². The van der Waals surface area contributed by atoms with Crippen molar-refractivity contribution < 1.29 is 25.2 Å². The maximum absolute atomic E-state index is 12.5. The highest BCUT2D eigenvalue weighted by Gasteiger charge is 2.50. The molecule has 1 amide bonds. The first-order chi connectivity index (χ1) is 11.2. The Kier molecular flexibility index (Phi) is 4.60. The van der Waals surface area contributed by atoms with Gasteiger partial charge in [-0.1, -0.05) is 51.1 Å². The van der Waals surface area contributed by atoms with Gasteiger partial charge < -0.3 is 14.3 Å². The zero-order valence-electron chi connectivity index (χ0n) is 14.4. The van der Waals surface area contributed by atoms with Gasteiger partial charge in [-0.3, -0.25) is 4.90 Å². The largest absolute Gasteiger partial charge is 0.444 e. The first-order valence-electron chi connectivity index (χ1n) is 7.85. The average molecular weight is 320 g/mol. The second kappa shape index (κ2) is 6.81. The molecule has 124 valence electrons. The summed E-state index contributed by atoms with van der Waals surface area (Å²) in [5, 5.41) is 0. The highest BCUT2D eigenvalue weighted by molar-refractivity contribution is 5.86. The van der Waals surface area contributed by atoms with E-state index >= 15 is 0 Å². The molecule has 1 saturated heterocycles. The van der Waals surface area contributed by atoms with Crippen LogP contribution in [0.2, 0.25) is 0 Å². The number of hydrogen-bond acceptors (Lipinski definition) is 5. The molecular formula is C17H21NO5.